The molecule has 2 aromatic rings. The molecule has 0 bridgehead atoms. The molecule has 2 aromatic carbocycles. The van der Waals surface area contributed by atoms with Gasteiger partial charge in [0.1, 0.15) is 11.4 Å². The number of aldehydes is 1. The number of aromatic hydroxyl groups is 1. The van der Waals surface area contributed by atoms with Crippen LogP contribution in [0.3, 0.4) is 0 Å². The van der Waals surface area contributed by atoms with Gasteiger partial charge in [-0.15, -0.1) is 0 Å². The summed E-state index contributed by atoms with van der Waals surface area (Å²) in [5.41, 5.74) is 1.24. The van der Waals surface area contributed by atoms with E-state index in [1.807, 2.05) is 37.3 Å². The molecule has 40 heavy (non-hydrogen) atoms. The molecule has 0 aromatic heterocycles. The van der Waals surface area contributed by atoms with E-state index in [1.165, 1.54) is 50.1 Å². The molecular weight excluding hydrogens is 504 g/mol. The van der Waals surface area contributed by atoms with E-state index < -0.39 is 11.7 Å². The van der Waals surface area contributed by atoms with Crippen LogP contribution in [0.4, 0.5) is 5.69 Å². The summed E-state index contributed by atoms with van der Waals surface area (Å²) in [6.07, 6.45) is 7.89. The van der Waals surface area contributed by atoms with Gasteiger partial charge in [-0.3, -0.25) is 19.3 Å². The van der Waals surface area contributed by atoms with Gasteiger partial charge < -0.3 is 15.5 Å². The Balaban J connectivity index is 0. The summed E-state index contributed by atoms with van der Waals surface area (Å²) in [6.45, 7) is 17.9. The molecule has 1 aliphatic heterocycles. The lowest BCUT2D eigenvalue weighted by molar-refractivity contribution is -0.133. The minimum absolute atomic E-state index is 0.0480. The average molecular weight is 557 g/mol. The number of aliphatic hydroxyl groups excluding tert-OH is 1. The number of nitrogens with one attached hydrogen (secondary N) is 1. The zero-order valence-electron chi connectivity index (χ0n) is 25.9. The number of hydrogen-bond acceptors (Lipinski definition) is 6. The van der Waals surface area contributed by atoms with Crippen molar-refractivity contribution in [1.82, 2.24) is 5.32 Å². The van der Waals surface area contributed by atoms with E-state index in [1.54, 1.807) is 0 Å². The van der Waals surface area contributed by atoms with Crippen LogP contribution < -0.4 is 10.2 Å². The molecule has 7 nitrogen and oxygen atoms in total. The van der Waals surface area contributed by atoms with Crippen molar-refractivity contribution < 1.29 is 24.6 Å². The third-order valence-corrected chi connectivity index (χ3v) is 5.21. The van der Waals surface area contributed by atoms with Crippen LogP contribution >= 0.6 is 0 Å². The zero-order valence-corrected chi connectivity index (χ0v) is 25.9. The van der Waals surface area contributed by atoms with Crippen molar-refractivity contribution in [2.75, 3.05) is 11.5 Å². The number of para-hydroxylation sites is 1. The van der Waals surface area contributed by atoms with Crippen molar-refractivity contribution in [3.8, 4) is 5.75 Å². The number of rotatable bonds is 8. The molecule has 0 radical (unpaired) electrons. The van der Waals surface area contributed by atoms with Gasteiger partial charge in [0.25, 0.3) is 5.78 Å². The van der Waals surface area contributed by atoms with E-state index in [4.69, 9.17) is 5.11 Å². The molecule has 0 saturated carbocycles. The summed E-state index contributed by atoms with van der Waals surface area (Å²) < 4.78 is 0. The van der Waals surface area contributed by atoms with Gasteiger partial charge in [0.05, 0.1) is 11.3 Å². The van der Waals surface area contributed by atoms with Crippen LogP contribution in [0.25, 0.3) is 0 Å². The molecule has 7 heteroatoms. The number of aliphatic hydroxyl groups is 1. The van der Waals surface area contributed by atoms with Crippen LogP contribution in [0.1, 0.15) is 103 Å². The number of carbonyl (C=O) groups is 3. The van der Waals surface area contributed by atoms with Crippen molar-refractivity contribution in [1.29, 1.82) is 0 Å². The maximum absolute atomic E-state index is 12.2. The molecule has 1 aliphatic rings. The standard InChI is InChI=1S/C18H14N2O4.C5H12.C4H10.C3H8O.C3H8/c21-11-13-7-4-8-15(16(13)22)20-10-14(17(23)18(20)24)19-9-12-5-2-1-3-6-12;1-4-5(2)3;1-3-4-2;1-2-3-4;1-3-2/h1-8,10-11,19,22H,9H2;5H,4H2,1-3H3;3-4H2,1-2H3;4H,2-3H2,1H3;3H2,1-2H3. The van der Waals surface area contributed by atoms with Crippen molar-refractivity contribution in [3.63, 3.8) is 0 Å². The minimum atomic E-state index is -0.788. The molecule has 0 atom stereocenters. The Morgan fingerprint density at radius 3 is 1.82 bits per heavy atom. The Hall–Kier alpha value is -3.45. The van der Waals surface area contributed by atoms with Crippen molar-refractivity contribution in [2.24, 2.45) is 5.92 Å². The van der Waals surface area contributed by atoms with Crippen molar-refractivity contribution >= 4 is 23.7 Å². The van der Waals surface area contributed by atoms with Gasteiger partial charge in [-0.25, -0.2) is 0 Å². The first kappa shape index (κ1) is 38.7. The number of phenolic OH excluding ortho intramolecular Hbond substituents is 1. The van der Waals surface area contributed by atoms with E-state index in [2.05, 4.69) is 53.8 Å². The van der Waals surface area contributed by atoms with Gasteiger partial charge in [0.15, 0.2) is 6.29 Å². The normalized spacial score (nSPS) is 11.4. The Morgan fingerprint density at radius 2 is 1.40 bits per heavy atom. The summed E-state index contributed by atoms with van der Waals surface area (Å²) >= 11 is 0. The molecule has 1 heterocycles. The van der Waals surface area contributed by atoms with Gasteiger partial charge in [0.2, 0.25) is 0 Å². The lowest BCUT2D eigenvalue weighted by Crippen LogP contribution is -2.28. The molecule has 0 unspecified atom stereocenters. The lowest BCUT2D eigenvalue weighted by atomic mass is 10.2. The molecule has 0 spiro atoms. The summed E-state index contributed by atoms with van der Waals surface area (Å²) in [6, 6.07) is 13.8. The highest BCUT2D eigenvalue weighted by molar-refractivity contribution is 6.50. The number of carbonyl (C=O) groups excluding carboxylic acids is 3. The number of phenols is 1. The van der Waals surface area contributed by atoms with Crippen LogP contribution in [0.5, 0.6) is 5.75 Å². The molecule has 1 amide bonds. The number of ketones is 1. The molecular formula is C33H52N2O5. The van der Waals surface area contributed by atoms with E-state index in [9.17, 15) is 19.5 Å². The van der Waals surface area contributed by atoms with E-state index in [-0.39, 0.29) is 22.7 Å². The van der Waals surface area contributed by atoms with Gasteiger partial charge in [-0.05, 0) is 30.0 Å². The number of nitrogens with zero attached hydrogens (tertiary/aromatic N) is 1. The monoisotopic (exact) mass is 556 g/mol. The third kappa shape index (κ3) is 15.8. The first-order valence-electron chi connectivity index (χ1n) is 14.4. The number of Topliss-reactive ketones (excluding diaryl/α,β-unsaturated/α-hetero) is 1. The number of hydrogen-bond donors (Lipinski definition) is 3. The van der Waals surface area contributed by atoms with Crippen LogP contribution in [-0.2, 0) is 16.1 Å². The first-order chi connectivity index (χ1) is 19.1. The molecule has 0 saturated heterocycles. The largest absolute Gasteiger partial charge is 0.505 e. The van der Waals surface area contributed by atoms with Gasteiger partial charge in [-0.2, -0.15) is 0 Å². The SMILES string of the molecule is CCC.CCC(C)C.CCCC.CCCO.O=Cc1cccc(N2C=C(NCc3ccccc3)C(=O)C2=O)c1O. The highest BCUT2D eigenvalue weighted by Gasteiger charge is 2.34. The predicted octanol–water partition coefficient (Wildman–Crippen LogP) is 7.42. The van der Waals surface area contributed by atoms with E-state index in [0.717, 1.165) is 22.8 Å². The fourth-order valence-corrected chi connectivity index (χ4v) is 2.41. The fourth-order valence-electron chi connectivity index (χ4n) is 2.41. The molecule has 3 N–H and O–H groups in total. The van der Waals surface area contributed by atoms with Crippen molar-refractivity contribution in [2.45, 2.75) is 94.0 Å². The number of unbranched alkanes of at least 4 members (excludes halogenated alkanes) is 1. The highest BCUT2D eigenvalue weighted by atomic mass is 16.3. The Kier molecular flexibility index (Phi) is 23.8. The Labute approximate surface area is 242 Å². The van der Waals surface area contributed by atoms with Gasteiger partial charge in [-0.1, -0.05) is 117 Å². The van der Waals surface area contributed by atoms with Crippen LogP contribution in [0.2, 0.25) is 0 Å². The zero-order chi connectivity index (χ0) is 30.9. The Morgan fingerprint density at radius 1 is 0.875 bits per heavy atom. The summed E-state index contributed by atoms with van der Waals surface area (Å²) in [4.78, 5) is 36.2. The second-order valence-corrected chi connectivity index (χ2v) is 9.45. The van der Waals surface area contributed by atoms with E-state index >= 15 is 0 Å². The predicted molar refractivity (Wildman–Crippen MR) is 166 cm³/mol. The van der Waals surface area contributed by atoms with Crippen LogP contribution in [0, 0.1) is 5.92 Å². The second-order valence-electron chi connectivity index (χ2n) is 9.45. The fraction of sp³-hybridized carbons (Fsp3) is 0.485. The third-order valence-electron chi connectivity index (χ3n) is 5.21. The number of benzene rings is 2. The molecule has 3 rings (SSSR count). The minimum Gasteiger partial charge on any atom is -0.505 e. The summed E-state index contributed by atoms with van der Waals surface area (Å²) in [5, 5.41) is 20.9. The van der Waals surface area contributed by atoms with Gasteiger partial charge in [0, 0.05) is 19.4 Å². The quantitative estimate of drug-likeness (QED) is 0.231. The van der Waals surface area contributed by atoms with Crippen LogP contribution in [0.15, 0.2) is 60.4 Å². The molecule has 224 valence electrons. The van der Waals surface area contributed by atoms with Crippen LogP contribution in [-0.4, -0.2) is 34.8 Å². The first-order valence-corrected chi connectivity index (χ1v) is 14.4. The second kappa shape index (κ2) is 24.6. The highest BCUT2D eigenvalue weighted by Crippen LogP contribution is 2.32. The lowest BCUT2D eigenvalue weighted by Gasteiger charge is -2.14. The number of anilines is 1. The van der Waals surface area contributed by atoms with Gasteiger partial charge >= 0.3 is 5.91 Å². The van der Waals surface area contributed by atoms with E-state index in [0.29, 0.717) is 19.4 Å². The smallest absolute Gasteiger partial charge is 0.305 e. The summed E-state index contributed by atoms with van der Waals surface area (Å²) in [7, 11) is 0. The molecule has 0 aliphatic carbocycles. The maximum Gasteiger partial charge on any atom is 0.305 e. The topological polar surface area (TPSA) is 107 Å². The average Bonchev–Trinajstić information content (AvgIpc) is 3.26. The van der Waals surface area contributed by atoms with Crippen molar-refractivity contribution in [3.05, 3.63) is 71.6 Å². The maximum atomic E-state index is 12.2. The number of amides is 1. The Bertz CT molecular complexity index is 980. The molecule has 0 fully saturated rings. The summed E-state index contributed by atoms with van der Waals surface area (Å²) in [5.74, 6) is -0.935.